The van der Waals surface area contributed by atoms with Gasteiger partial charge in [0, 0.05) is 16.3 Å². The average molecular weight is 302 g/mol. The molecule has 0 unspecified atom stereocenters. The summed E-state index contributed by atoms with van der Waals surface area (Å²) in [5, 5.41) is 1.96. The zero-order valence-electron chi connectivity index (χ0n) is 12.6. The van der Waals surface area contributed by atoms with Crippen LogP contribution in [-0.2, 0) is 0 Å². The van der Waals surface area contributed by atoms with E-state index in [4.69, 9.17) is 9.15 Å². The Morgan fingerprint density at radius 1 is 0.870 bits per heavy atom. The van der Waals surface area contributed by atoms with Crippen LogP contribution >= 0.6 is 0 Å². The smallest absolute Gasteiger partial charge is 0.196 e. The van der Waals surface area contributed by atoms with Crippen molar-refractivity contribution in [1.82, 2.24) is 0 Å². The van der Waals surface area contributed by atoms with E-state index in [0.717, 1.165) is 21.9 Å². The fourth-order valence-corrected chi connectivity index (χ4v) is 2.86. The van der Waals surface area contributed by atoms with Crippen LogP contribution < -0.4 is 4.74 Å². The highest BCUT2D eigenvalue weighted by Gasteiger charge is 2.16. The fraction of sp³-hybridized carbons (Fsp3) is 0.0500. The number of ketones is 1. The second-order valence-electron chi connectivity index (χ2n) is 5.34. The van der Waals surface area contributed by atoms with Crippen LogP contribution in [0, 0.1) is 0 Å². The van der Waals surface area contributed by atoms with Crippen molar-refractivity contribution in [1.29, 1.82) is 0 Å². The first-order chi connectivity index (χ1) is 11.3. The first-order valence-corrected chi connectivity index (χ1v) is 7.37. The summed E-state index contributed by atoms with van der Waals surface area (Å²) in [5.74, 6) is 0.518. The van der Waals surface area contributed by atoms with Gasteiger partial charge in [0.05, 0.1) is 12.7 Å². The van der Waals surface area contributed by atoms with Crippen molar-refractivity contribution in [3.8, 4) is 5.75 Å². The molecule has 112 valence electrons. The highest BCUT2D eigenvalue weighted by Crippen LogP contribution is 2.30. The van der Waals surface area contributed by atoms with Crippen LogP contribution in [0.25, 0.3) is 21.9 Å². The Kier molecular flexibility index (Phi) is 3.12. The molecule has 0 bridgehead atoms. The molecule has 3 nitrogen and oxygen atoms in total. The summed E-state index contributed by atoms with van der Waals surface area (Å²) >= 11 is 0. The molecule has 0 amide bonds. The maximum Gasteiger partial charge on any atom is 0.196 e. The van der Waals surface area contributed by atoms with Crippen LogP contribution in [0.3, 0.4) is 0 Å². The van der Waals surface area contributed by atoms with Crippen molar-refractivity contribution in [3.05, 3.63) is 77.9 Å². The molecule has 0 aliphatic rings. The van der Waals surface area contributed by atoms with Gasteiger partial charge in [0.25, 0.3) is 0 Å². The fourth-order valence-electron chi connectivity index (χ4n) is 2.86. The van der Waals surface area contributed by atoms with Crippen molar-refractivity contribution in [2.24, 2.45) is 0 Å². The molecule has 1 aromatic heterocycles. The molecule has 3 aromatic carbocycles. The van der Waals surface area contributed by atoms with E-state index in [1.807, 2.05) is 48.5 Å². The summed E-state index contributed by atoms with van der Waals surface area (Å²) in [6.07, 6.45) is 0. The Hall–Kier alpha value is -3.07. The standard InChI is InChI=1S/C20H14O3/c1-22-17-8-4-3-7-15(17)20(21)13-10-11-19-16(12-13)14-6-2-5-9-18(14)23-19/h2-12H,1H3. The molecule has 0 radical (unpaired) electrons. The lowest BCUT2D eigenvalue weighted by Gasteiger charge is -2.07. The molecule has 3 heteroatoms. The van der Waals surface area contributed by atoms with E-state index in [-0.39, 0.29) is 5.78 Å². The van der Waals surface area contributed by atoms with Crippen molar-refractivity contribution >= 4 is 27.7 Å². The third kappa shape index (κ3) is 2.18. The highest BCUT2D eigenvalue weighted by molar-refractivity contribution is 6.14. The number of rotatable bonds is 3. The van der Waals surface area contributed by atoms with Gasteiger partial charge < -0.3 is 9.15 Å². The van der Waals surface area contributed by atoms with Crippen LogP contribution in [-0.4, -0.2) is 12.9 Å². The summed E-state index contributed by atoms with van der Waals surface area (Å²) < 4.78 is 11.1. The monoisotopic (exact) mass is 302 g/mol. The van der Waals surface area contributed by atoms with Crippen molar-refractivity contribution in [2.45, 2.75) is 0 Å². The number of methoxy groups -OCH3 is 1. The van der Waals surface area contributed by atoms with E-state index >= 15 is 0 Å². The number of fused-ring (bicyclic) bond motifs is 3. The van der Waals surface area contributed by atoms with E-state index in [1.165, 1.54) is 0 Å². The number of benzene rings is 3. The molecule has 4 rings (SSSR count). The minimum Gasteiger partial charge on any atom is -0.496 e. The quantitative estimate of drug-likeness (QED) is 0.509. The molecule has 0 atom stereocenters. The van der Waals surface area contributed by atoms with Crippen molar-refractivity contribution in [3.63, 3.8) is 0 Å². The number of carbonyl (C=O) groups is 1. The molecule has 0 fully saturated rings. The van der Waals surface area contributed by atoms with E-state index in [2.05, 4.69) is 0 Å². The molecule has 0 spiro atoms. The normalized spacial score (nSPS) is 11.0. The Bertz CT molecular complexity index is 1030. The van der Waals surface area contributed by atoms with E-state index in [1.54, 1.807) is 25.3 Å². The van der Waals surface area contributed by atoms with Crippen LogP contribution in [0.2, 0.25) is 0 Å². The molecular formula is C20H14O3. The van der Waals surface area contributed by atoms with Gasteiger partial charge in [0.2, 0.25) is 0 Å². The third-order valence-electron chi connectivity index (χ3n) is 3.99. The maximum absolute atomic E-state index is 12.8. The number of ether oxygens (including phenoxy) is 1. The van der Waals surface area contributed by atoms with Crippen LogP contribution in [0.15, 0.2) is 71.1 Å². The highest BCUT2D eigenvalue weighted by atomic mass is 16.5. The molecule has 23 heavy (non-hydrogen) atoms. The van der Waals surface area contributed by atoms with Gasteiger partial charge in [0.1, 0.15) is 16.9 Å². The molecular weight excluding hydrogens is 288 g/mol. The van der Waals surface area contributed by atoms with Crippen LogP contribution in [0.4, 0.5) is 0 Å². The largest absolute Gasteiger partial charge is 0.496 e. The average Bonchev–Trinajstić information content (AvgIpc) is 2.99. The minimum absolute atomic E-state index is 0.0605. The molecule has 0 N–H and O–H groups in total. The van der Waals surface area contributed by atoms with E-state index in [9.17, 15) is 4.79 Å². The van der Waals surface area contributed by atoms with Gasteiger partial charge in [-0.3, -0.25) is 4.79 Å². The van der Waals surface area contributed by atoms with Gasteiger partial charge in [-0.05, 0) is 36.4 Å². The third-order valence-corrected chi connectivity index (χ3v) is 3.99. The molecule has 1 heterocycles. The molecule has 0 aliphatic heterocycles. The maximum atomic E-state index is 12.8. The topological polar surface area (TPSA) is 39.4 Å². The number of hydrogen-bond acceptors (Lipinski definition) is 3. The summed E-state index contributed by atoms with van der Waals surface area (Å²) in [5.41, 5.74) is 2.78. The molecule has 4 aromatic rings. The first-order valence-electron chi connectivity index (χ1n) is 7.37. The predicted octanol–water partition coefficient (Wildman–Crippen LogP) is 4.83. The lowest BCUT2D eigenvalue weighted by Crippen LogP contribution is -2.03. The summed E-state index contributed by atoms with van der Waals surface area (Å²) in [6, 6.07) is 20.6. The molecule has 0 saturated heterocycles. The van der Waals surface area contributed by atoms with Gasteiger partial charge in [0.15, 0.2) is 5.78 Å². The second-order valence-corrected chi connectivity index (χ2v) is 5.34. The zero-order chi connectivity index (χ0) is 15.8. The van der Waals surface area contributed by atoms with Crippen LogP contribution in [0.1, 0.15) is 15.9 Å². The number of carbonyl (C=O) groups excluding carboxylic acids is 1. The number of furan rings is 1. The number of para-hydroxylation sites is 2. The summed E-state index contributed by atoms with van der Waals surface area (Å²) in [7, 11) is 1.57. The van der Waals surface area contributed by atoms with Crippen molar-refractivity contribution in [2.75, 3.05) is 7.11 Å². The predicted molar refractivity (Wildman–Crippen MR) is 90.1 cm³/mol. The molecule has 0 saturated carbocycles. The lowest BCUT2D eigenvalue weighted by molar-refractivity contribution is 0.103. The second kappa shape index (κ2) is 5.29. The Labute approximate surface area is 133 Å². The first kappa shape index (κ1) is 13.6. The van der Waals surface area contributed by atoms with Gasteiger partial charge in [-0.1, -0.05) is 30.3 Å². The van der Waals surface area contributed by atoms with Crippen LogP contribution in [0.5, 0.6) is 5.75 Å². The Morgan fingerprint density at radius 3 is 2.48 bits per heavy atom. The van der Waals surface area contributed by atoms with Gasteiger partial charge in [-0.2, -0.15) is 0 Å². The lowest BCUT2D eigenvalue weighted by atomic mass is 10.0. The van der Waals surface area contributed by atoms with E-state index < -0.39 is 0 Å². The molecule has 0 aliphatic carbocycles. The van der Waals surface area contributed by atoms with Gasteiger partial charge in [-0.15, -0.1) is 0 Å². The SMILES string of the molecule is COc1ccccc1C(=O)c1ccc2oc3ccccc3c2c1. The van der Waals surface area contributed by atoms with Gasteiger partial charge in [-0.25, -0.2) is 0 Å². The number of hydrogen-bond donors (Lipinski definition) is 0. The Morgan fingerprint density at radius 2 is 1.61 bits per heavy atom. The van der Waals surface area contributed by atoms with E-state index in [0.29, 0.717) is 16.9 Å². The van der Waals surface area contributed by atoms with Gasteiger partial charge >= 0.3 is 0 Å². The summed E-state index contributed by atoms with van der Waals surface area (Å²) in [6.45, 7) is 0. The Balaban J connectivity index is 1.88. The zero-order valence-corrected chi connectivity index (χ0v) is 12.6. The summed E-state index contributed by atoms with van der Waals surface area (Å²) in [4.78, 5) is 12.8. The minimum atomic E-state index is -0.0605. The van der Waals surface area contributed by atoms with Crippen molar-refractivity contribution < 1.29 is 13.9 Å².